The van der Waals surface area contributed by atoms with Crippen molar-refractivity contribution in [3.8, 4) is 0 Å². The lowest BCUT2D eigenvalue weighted by atomic mass is 10.0. The van der Waals surface area contributed by atoms with Gasteiger partial charge in [0, 0.05) is 28.9 Å². The van der Waals surface area contributed by atoms with Crippen LogP contribution >= 0.6 is 27.5 Å². The van der Waals surface area contributed by atoms with Gasteiger partial charge in [-0.2, -0.15) is 0 Å². The zero-order valence-electron chi connectivity index (χ0n) is 8.86. The van der Waals surface area contributed by atoms with Gasteiger partial charge in [0.25, 0.3) is 0 Å². The molecule has 0 fully saturated rings. The van der Waals surface area contributed by atoms with Crippen molar-refractivity contribution in [2.75, 3.05) is 0 Å². The fourth-order valence-corrected chi connectivity index (χ4v) is 2.28. The van der Waals surface area contributed by atoms with E-state index in [1.807, 2.05) is 18.2 Å². The molecule has 0 bridgehead atoms. The topological polar surface area (TPSA) is 30.0 Å². The van der Waals surface area contributed by atoms with E-state index in [-0.39, 0.29) is 5.78 Å². The molecule has 2 aromatic rings. The first-order valence-corrected chi connectivity index (χ1v) is 6.21. The van der Waals surface area contributed by atoms with Crippen LogP contribution in [0.2, 0.25) is 5.02 Å². The highest BCUT2D eigenvalue weighted by Crippen LogP contribution is 2.22. The molecule has 0 spiro atoms. The number of hydrogen-bond acceptors (Lipinski definition) is 2. The Morgan fingerprint density at radius 2 is 2.18 bits per heavy atom. The number of aromatic nitrogens is 1. The fourth-order valence-electron chi connectivity index (χ4n) is 1.50. The highest BCUT2D eigenvalue weighted by atomic mass is 79.9. The molecular weight excluding hydrogens is 302 g/mol. The zero-order chi connectivity index (χ0) is 12.3. The quantitative estimate of drug-likeness (QED) is 0.804. The smallest absolute Gasteiger partial charge is 0.168 e. The summed E-state index contributed by atoms with van der Waals surface area (Å²) in [7, 11) is 0. The minimum Gasteiger partial charge on any atom is -0.294 e. The summed E-state index contributed by atoms with van der Waals surface area (Å²) < 4.78 is 0.862. The molecule has 0 atom stereocenters. The number of carbonyl (C=O) groups excluding carboxylic acids is 1. The lowest BCUT2D eigenvalue weighted by molar-refractivity contribution is 0.0993. The van der Waals surface area contributed by atoms with Gasteiger partial charge < -0.3 is 0 Å². The zero-order valence-corrected chi connectivity index (χ0v) is 11.2. The summed E-state index contributed by atoms with van der Waals surface area (Å²) in [6.45, 7) is 0. The third-order valence-corrected chi connectivity index (χ3v) is 3.12. The van der Waals surface area contributed by atoms with Gasteiger partial charge in [-0.15, -0.1) is 0 Å². The van der Waals surface area contributed by atoms with Crippen molar-refractivity contribution in [3.05, 3.63) is 63.3 Å². The van der Waals surface area contributed by atoms with Crippen LogP contribution in [0.3, 0.4) is 0 Å². The standard InChI is InChI=1S/C13H9BrClNO/c14-10-3-4-11(12(15)7-10)13(17)6-9-2-1-5-16-8-9/h1-5,7-8H,6H2. The van der Waals surface area contributed by atoms with Crippen LogP contribution in [-0.4, -0.2) is 10.8 Å². The van der Waals surface area contributed by atoms with Gasteiger partial charge >= 0.3 is 0 Å². The summed E-state index contributed by atoms with van der Waals surface area (Å²) in [4.78, 5) is 16.0. The molecule has 86 valence electrons. The number of nitrogens with zero attached hydrogens (tertiary/aromatic N) is 1. The summed E-state index contributed by atoms with van der Waals surface area (Å²) in [6, 6.07) is 8.94. The number of rotatable bonds is 3. The van der Waals surface area contributed by atoms with Crippen molar-refractivity contribution >= 4 is 33.3 Å². The van der Waals surface area contributed by atoms with Crippen molar-refractivity contribution in [2.45, 2.75) is 6.42 Å². The van der Waals surface area contributed by atoms with Crippen LogP contribution in [0.5, 0.6) is 0 Å². The van der Waals surface area contributed by atoms with Crippen molar-refractivity contribution in [2.24, 2.45) is 0 Å². The number of hydrogen-bond donors (Lipinski definition) is 0. The van der Waals surface area contributed by atoms with E-state index in [2.05, 4.69) is 20.9 Å². The van der Waals surface area contributed by atoms with Gasteiger partial charge in [0.15, 0.2) is 5.78 Å². The molecule has 0 saturated carbocycles. The molecule has 0 N–H and O–H groups in total. The predicted octanol–water partition coefficient (Wildman–Crippen LogP) is 3.92. The Balaban J connectivity index is 2.21. The van der Waals surface area contributed by atoms with Gasteiger partial charge in [-0.05, 0) is 29.8 Å². The summed E-state index contributed by atoms with van der Waals surface area (Å²) in [5, 5.41) is 0.466. The molecule has 2 rings (SSSR count). The molecule has 1 aromatic heterocycles. The Morgan fingerprint density at radius 3 is 2.82 bits per heavy atom. The Labute approximate surface area is 113 Å². The van der Waals surface area contributed by atoms with Gasteiger partial charge in [0.1, 0.15) is 0 Å². The van der Waals surface area contributed by atoms with Crippen LogP contribution in [0.15, 0.2) is 47.2 Å². The molecule has 0 aliphatic rings. The number of Topliss-reactive ketones (excluding diaryl/α,β-unsaturated/α-hetero) is 1. The molecule has 1 aromatic carbocycles. The Bertz CT molecular complexity index is 542. The molecule has 1 heterocycles. The Kier molecular flexibility index (Phi) is 3.92. The average molecular weight is 311 g/mol. The minimum atomic E-state index is -0.00417. The second kappa shape index (κ2) is 5.43. The van der Waals surface area contributed by atoms with E-state index in [9.17, 15) is 4.79 Å². The third kappa shape index (κ3) is 3.14. The SMILES string of the molecule is O=C(Cc1cccnc1)c1ccc(Br)cc1Cl. The third-order valence-electron chi connectivity index (χ3n) is 2.32. The second-order valence-corrected chi connectivity index (χ2v) is 4.91. The van der Waals surface area contributed by atoms with Crippen LogP contribution in [-0.2, 0) is 6.42 Å². The van der Waals surface area contributed by atoms with E-state index in [0.29, 0.717) is 17.0 Å². The van der Waals surface area contributed by atoms with Crippen LogP contribution in [0, 0.1) is 0 Å². The van der Waals surface area contributed by atoms with Crippen molar-refractivity contribution in [1.29, 1.82) is 0 Å². The molecule has 0 aliphatic heterocycles. The van der Waals surface area contributed by atoms with E-state index in [4.69, 9.17) is 11.6 Å². The number of halogens is 2. The maximum atomic E-state index is 12.0. The monoisotopic (exact) mass is 309 g/mol. The molecule has 2 nitrogen and oxygen atoms in total. The van der Waals surface area contributed by atoms with E-state index >= 15 is 0 Å². The lowest BCUT2D eigenvalue weighted by Crippen LogP contribution is -2.04. The van der Waals surface area contributed by atoms with E-state index in [1.54, 1.807) is 24.5 Å². The van der Waals surface area contributed by atoms with E-state index < -0.39 is 0 Å². The van der Waals surface area contributed by atoms with Gasteiger partial charge in [-0.3, -0.25) is 9.78 Å². The van der Waals surface area contributed by atoms with E-state index in [0.717, 1.165) is 10.0 Å². The molecule has 0 aliphatic carbocycles. The van der Waals surface area contributed by atoms with Gasteiger partial charge in [-0.25, -0.2) is 0 Å². The lowest BCUT2D eigenvalue weighted by Gasteiger charge is -2.04. The highest BCUT2D eigenvalue weighted by Gasteiger charge is 2.11. The maximum Gasteiger partial charge on any atom is 0.168 e. The summed E-state index contributed by atoms with van der Waals surface area (Å²) in [6.07, 6.45) is 3.68. The molecule has 0 unspecified atom stereocenters. The second-order valence-electron chi connectivity index (χ2n) is 3.59. The van der Waals surface area contributed by atoms with E-state index in [1.165, 1.54) is 0 Å². The molecule has 0 radical (unpaired) electrons. The molecule has 0 saturated heterocycles. The van der Waals surface area contributed by atoms with Crippen molar-refractivity contribution < 1.29 is 4.79 Å². The molecule has 4 heteroatoms. The predicted molar refractivity (Wildman–Crippen MR) is 71.4 cm³/mol. The summed E-state index contributed by atoms with van der Waals surface area (Å²) in [5.74, 6) is -0.00417. The summed E-state index contributed by atoms with van der Waals surface area (Å²) in [5.41, 5.74) is 1.43. The number of carbonyl (C=O) groups is 1. The van der Waals surface area contributed by atoms with Crippen LogP contribution in [0.1, 0.15) is 15.9 Å². The normalized spacial score (nSPS) is 10.2. The molecular formula is C13H9BrClNO. The Morgan fingerprint density at radius 1 is 1.35 bits per heavy atom. The van der Waals surface area contributed by atoms with Crippen LogP contribution in [0.4, 0.5) is 0 Å². The first-order chi connectivity index (χ1) is 8.16. The summed E-state index contributed by atoms with van der Waals surface area (Å²) >= 11 is 9.33. The van der Waals surface area contributed by atoms with Gasteiger partial charge in [-0.1, -0.05) is 33.6 Å². The maximum absolute atomic E-state index is 12.0. The van der Waals surface area contributed by atoms with Crippen LogP contribution < -0.4 is 0 Å². The number of ketones is 1. The minimum absolute atomic E-state index is 0.00417. The first kappa shape index (κ1) is 12.3. The largest absolute Gasteiger partial charge is 0.294 e. The van der Waals surface area contributed by atoms with Crippen molar-refractivity contribution in [1.82, 2.24) is 4.98 Å². The molecule has 17 heavy (non-hydrogen) atoms. The van der Waals surface area contributed by atoms with Crippen LogP contribution in [0.25, 0.3) is 0 Å². The van der Waals surface area contributed by atoms with Gasteiger partial charge in [0.05, 0.1) is 5.02 Å². The average Bonchev–Trinajstić information content (AvgIpc) is 2.30. The number of benzene rings is 1. The van der Waals surface area contributed by atoms with Gasteiger partial charge in [0.2, 0.25) is 0 Å². The molecule has 0 amide bonds. The number of pyridine rings is 1. The Hall–Kier alpha value is -1.19. The fraction of sp³-hybridized carbons (Fsp3) is 0.0769. The first-order valence-electron chi connectivity index (χ1n) is 5.04. The highest BCUT2D eigenvalue weighted by molar-refractivity contribution is 9.10. The van der Waals surface area contributed by atoms with Crippen molar-refractivity contribution in [3.63, 3.8) is 0 Å².